The molecule has 1 aliphatic rings. The van der Waals surface area contributed by atoms with E-state index in [0.717, 1.165) is 31.4 Å². The molecular formula is C15H14N4OS2. The molecule has 0 aromatic carbocycles. The van der Waals surface area contributed by atoms with E-state index in [4.69, 9.17) is 0 Å². The van der Waals surface area contributed by atoms with Crippen molar-refractivity contribution in [1.82, 2.24) is 15.3 Å². The number of H-pyrrole nitrogens is 1. The van der Waals surface area contributed by atoms with E-state index in [2.05, 4.69) is 33.6 Å². The number of thioether (sulfide) groups is 1. The van der Waals surface area contributed by atoms with Gasteiger partial charge in [0.1, 0.15) is 0 Å². The molecule has 2 aromatic rings. The fourth-order valence-corrected chi connectivity index (χ4v) is 3.76. The molecule has 3 heterocycles. The molecule has 0 bridgehead atoms. The Kier molecular flexibility index (Phi) is 3.76. The number of nitrogens with zero attached hydrogens (tertiary/aromatic N) is 2. The van der Waals surface area contributed by atoms with Crippen molar-refractivity contribution in [2.75, 3.05) is 6.26 Å². The van der Waals surface area contributed by atoms with Crippen molar-refractivity contribution in [2.45, 2.75) is 6.92 Å². The van der Waals surface area contributed by atoms with Gasteiger partial charge in [-0.3, -0.25) is 9.79 Å². The van der Waals surface area contributed by atoms with E-state index in [1.165, 1.54) is 11.8 Å². The number of aryl methyl sites for hydroxylation is 1. The molecule has 3 rings (SSSR count). The zero-order valence-electron chi connectivity index (χ0n) is 12.2. The molecule has 22 heavy (non-hydrogen) atoms. The number of nitrogens with one attached hydrogen (secondary N) is 2. The van der Waals surface area contributed by atoms with Crippen LogP contribution in [0.5, 0.6) is 0 Å². The molecule has 2 aromatic heterocycles. The lowest BCUT2D eigenvalue weighted by Gasteiger charge is -2.05. The second-order valence-electron chi connectivity index (χ2n) is 4.68. The lowest BCUT2D eigenvalue weighted by Crippen LogP contribution is -2.25. The van der Waals surface area contributed by atoms with Gasteiger partial charge in [-0.2, -0.15) is 0 Å². The van der Waals surface area contributed by atoms with Gasteiger partial charge in [0, 0.05) is 27.9 Å². The van der Waals surface area contributed by atoms with Gasteiger partial charge in [-0.15, -0.1) is 23.1 Å². The lowest BCUT2D eigenvalue weighted by molar-refractivity contribution is 0.0979. The lowest BCUT2D eigenvalue weighted by atomic mass is 10.2. The van der Waals surface area contributed by atoms with E-state index >= 15 is 0 Å². The molecule has 0 radical (unpaired) electrons. The summed E-state index contributed by atoms with van der Waals surface area (Å²) in [7, 11) is 0. The first-order valence-electron chi connectivity index (χ1n) is 6.46. The summed E-state index contributed by atoms with van der Waals surface area (Å²) in [6, 6.07) is 0. The summed E-state index contributed by atoms with van der Waals surface area (Å²) >= 11 is 3.04. The van der Waals surface area contributed by atoms with Gasteiger partial charge in [0.25, 0.3) is 5.91 Å². The standard InChI is InChI=1S/C15H14N4OS2/c1-7-11-12(14(18-7)10-6-17-8(2)22-10)15(20)19-13(11)9(21-4)5-16-3/h5-6,18H,1,3H2,2,4H3,(H,19,20)/b9-5-. The Labute approximate surface area is 135 Å². The molecule has 7 heteroatoms. The Hall–Kier alpha value is -2.12. The molecule has 0 saturated heterocycles. The number of aliphatic imine (C=N–C) groups is 1. The predicted molar refractivity (Wildman–Crippen MR) is 93.4 cm³/mol. The maximum atomic E-state index is 12.4. The second-order valence-corrected chi connectivity index (χ2v) is 6.76. The molecule has 2 N–H and O–H groups in total. The maximum absolute atomic E-state index is 12.4. The van der Waals surface area contributed by atoms with Crippen molar-refractivity contribution < 1.29 is 4.79 Å². The summed E-state index contributed by atoms with van der Waals surface area (Å²) < 4.78 is 0. The monoisotopic (exact) mass is 330 g/mol. The highest BCUT2D eigenvalue weighted by atomic mass is 32.2. The third-order valence-corrected chi connectivity index (χ3v) is 5.02. The first kappa shape index (κ1) is 14.8. The summed E-state index contributed by atoms with van der Waals surface area (Å²) in [6.07, 6.45) is 5.34. The van der Waals surface area contributed by atoms with Gasteiger partial charge in [0.05, 0.1) is 26.8 Å². The molecule has 0 saturated carbocycles. The third kappa shape index (κ3) is 2.22. The summed E-state index contributed by atoms with van der Waals surface area (Å²) in [5, 5.41) is 5.37. The second kappa shape index (κ2) is 5.58. The highest BCUT2D eigenvalue weighted by Gasteiger charge is 2.28. The van der Waals surface area contributed by atoms with Crippen molar-refractivity contribution in [3.8, 4) is 10.6 Å². The van der Waals surface area contributed by atoms with E-state index in [1.807, 2.05) is 13.2 Å². The largest absolute Gasteiger partial charge is 0.354 e. The number of aromatic amines is 1. The topological polar surface area (TPSA) is 70.1 Å². The SMILES string of the molecule is C=N/C=C(\SC)C1=c2c(c(-c3cnc(C)s3)[nH]c2=C)C(=O)N1. The van der Waals surface area contributed by atoms with Crippen molar-refractivity contribution >= 4 is 48.0 Å². The molecule has 1 amide bonds. The molecule has 0 spiro atoms. The Morgan fingerprint density at radius 3 is 2.91 bits per heavy atom. The highest BCUT2D eigenvalue weighted by molar-refractivity contribution is 8.02. The summed E-state index contributed by atoms with van der Waals surface area (Å²) in [5.41, 5.74) is 2.12. The fourth-order valence-electron chi connectivity index (χ4n) is 2.44. The van der Waals surface area contributed by atoms with Crippen LogP contribution in [0.1, 0.15) is 15.4 Å². The van der Waals surface area contributed by atoms with Gasteiger partial charge >= 0.3 is 0 Å². The molecular weight excluding hydrogens is 316 g/mol. The van der Waals surface area contributed by atoms with Crippen LogP contribution in [-0.4, -0.2) is 28.8 Å². The number of thiazole rings is 1. The third-order valence-electron chi connectivity index (χ3n) is 3.34. The van der Waals surface area contributed by atoms with Crippen molar-refractivity contribution in [1.29, 1.82) is 0 Å². The molecule has 1 aliphatic heterocycles. The van der Waals surface area contributed by atoms with Crippen LogP contribution in [0, 0.1) is 6.92 Å². The number of aromatic nitrogens is 2. The van der Waals surface area contributed by atoms with Crippen LogP contribution < -0.4 is 15.9 Å². The maximum Gasteiger partial charge on any atom is 0.258 e. The number of amides is 1. The van der Waals surface area contributed by atoms with Crippen molar-refractivity contribution in [3.05, 3.63) is 38.4 Å². The quantitative estimate of drug-likeness (QED) is 0.837. The van der Waals surface area contributed by atoms with Gasteiger partial charge in [0.15, 0.2) is 0 Å². The number of rotatable bonds is 4. The summed E-state index contributed by atoms with van der Waals surface area (Å²) in [5.74, 6) is -0.138. The summed E-state index contributed by atoms with van der Waals surface area (Å²) in [4.78, 5) is 25.5. The van der Waals surface area contributed by atoms with Crippen LogP contribution >= 0.6 is 23.1 Å². The molecule has 0 fully saturated rings. The van der Waals surface area contributed by atoms with Crippen LogP contribution in [0.3, 0.4) is 0 Å². The van der Waals surface area contributed by atoms with Crippen LogP contribution in [0.15, 0.2) is 22.3 Å². The van der Waals surface area contributed by atoms with Gasteiger partial charge in [-0.1, -0.05) is 6.58 Å². The van der Waals surface area contributed by atoms with Gasteiger partial charge in [-0.05, 0) is 19.9 Å². The normalized spacial score (nSPS) is 14.2. The first-order chi connectivity index (χ1) is 10.6. The molecule has 0 atom stereocenters. The van der Waals surface area contributed by atoms with E-state index in [9.17, 15) is 4.79 Å². The minimum absolute atomic E-state index is 0.138. The van der Waals surface area contributed by atoms with E-state index in [-0.39, 0.29) is 5.91 Å². The Morgan fingerprint density at radius 2 is 2.32 bits per heavy atom. The summed E-state index contributed by atoms with van der Waals surface area (Å²) in [6.45, 7) is 9.45. The molecule has 0 unspecified atom stereocenters. The zero-order valence-corrected chi connectivity index (χ0v) is 13.8. The fraction of sp³-hybridized carbons (Fsp3) is 0.133. The van der Waals surface area contributed by atoms with Gasteiger partial charge in [-0.25, -0.2) is 4.98 Å². The molecule has 5 nitrogen and oxygen atoms in total. The van der Waals surface area contributed by atoms with Gasteiger partial charge < -0.3 is 10.3 Å². The number of carbonyl (C=O) groups excluding carboxylic acids is 1. The average Bonchev–Trinajstić information content (AvgIpc) is 3.14. The van der Waals surface area contributed by atoms with E-state index in [0.29, 0.717) is 10.9 Å². The van der Waals surface area contributed by atoms with Crippen LogP contribution in [0.2, 0.25) is 0 Å². The number of fused-ring (bicyclic) bond motifs is 1. The molecule has 0 aliphatic carbocycles. The van der Waals surface area contributed by atoms with Crippen LogP contribution in [0.4, 0.5) is 0 Å². The predicted octanol–water partition coefficient (Wildman–Crippen LogP) is 1.61. The van der Waals surface area contributed by atoms with E-state index < -0.39 is 0 Å². The number of hydrogen-bond donors (Lipinski definition) is 2. The van der Waals surface area contributed by atoms with E-state index in [1.54, 1.807) is 23.7 Å². The zero-order chi connectivity index (χ0) is 15.9. The average molecular weight is 330 g/mol. The van der Waals surface area contributed by atoms with Crippen molar-refractivity contribution in [3.63, 3.8) is 0 Å². The molecule has 112 valence electrons. The highest BCUT2D eigenvalue weighted by Crippen LogP contribution is 2.29. The minimum atomic E-state index is -0.138. The van der Waals surface area contributed by atoms with Crippen molar-refractivity contribution in [2.24, 2.45) is 4.99 Å². The Balaban J connectivity index is 2.31. The Morgan fingerprint density at radius 1 is 1.55 bits per heavy atom. The number of carbonyl (C=O) groups is 1. The van der Waals surface area contributed by atoms with Crippen LogP contribution in [0.25, 0.3) is 22.8 Å². The smallest absolute Gasteiger partial charge is 0.258 e. The first-order valence-corrected chi connectivity index (χ1v) is 8.50. The van der Waals surface area contributed by atoms with Gasteiger partial charge in [0.2, 0.25) is 0 Å². The van der Waals surface area contributed by atoms with Crippen LogP contribution in [-0.2, 0) is 0 Å². The number of hydrogen-bond acceptors (Lipinski definition) is 5. The Bertz CT molecular complexity index is 920. The minimum Gasteiger partial charge on any atom is -0.354 e.